The minimum absolute atomic E-state index is 0.0122. The highest BCUT2D eigenvalue weighted by Crippen LogP contribution is 2.43. The van der Waals surface area contributed by atoms with Gasteiger partial charge in [0.05, 0.1) is 27.7 Å². The largest absolute Gasteiger partial charge is 0.472 e. The van der Waals surface area contributed by atoms with E-state index in [2.05, 4.69) is 86.8 Å². The third-order valence-electron chi connectivity index (χ3n) is 7.92. The molecule has 0 aromatic rings. The predicted molar refractivity (Wildman–Crippen MR) is 224 cm³/mol. The number of rotatable bonds is 35. The summed E-state index contributed by atoms with van der Waals surface area (Å²) in [7, 11) is 1.41. The van der Waals surface area contributed by atoms with E-state index in [1.165, 1.54) is 12.8 Å². The molecular weight excluding hydrogens is 701 g/mol. The van der Waals surface area contributed by atoms with Crippen molar-refractivity contribution in [1.29, 1.82) is 0 Å². The number of hydrogen-bond donors (Lipinski definition) is 1. The Balaban J connectivity index is 4.56. The van der Waals surface area contributed by atoms with Crippen molar-refractivity contribution in [2.75, 3.05) is 47.5 Å². The summed E-state index contributed by atoms with van der Waals surface area (Å²) in [5.74, 6) is -0.919. The molecule has 0 radical (unpaired) electrons. The van der Waals surface area contributed by atoms with Crippen molar-refractivity contribution in [1.82, 2.24) is 0 Å². The minimum Gasteiger partial charge on any atom is -0.462 e. The van der Waals surface area contributed by atoms with E-state index in [9.17, 15) is 19.0 Å². The van der Waals surface area contributed by atoms with Crippen molar-refractivity contribution in [2.45, 2.75) is 136 Å². The Hall–Kier alpha value is -2.81. The van der Waals surface area contributed by atoms with E-state index in [-0.39, 0.29) is 26.1 Å². The van der Waals surface area contributed by atoms with Gasteiger partial charge in [-0.1, -0.05) is 131 Å². The molecule has 0 saturated carbocycles. The van der Waals surface area contributed by atoms with Gasteiger partial charge in [-0.2, -0.15) is 0 Å². The highest BCUT2D eigenvalue weighted by atomic mass is 31.2. The summed E-state index contributed by atoms with van der Waals surface area (Å²) in [5, 5.41) is 0. The molecule has 1 N–H and O–H groups in total. The number of allylic oxidation sites excluding steroid dienone is 14. The molecule has 0 aliphatic carbocycles. The molecule has 0 heterocycles. The topological polar surface area (TPSA) is 108 Å². The van der Waals surface area contributed by atoms with E-state index < -0.39 is 32.5 Å². The molecule has 0 spiro atoms. The van der Waals surface area contributed by atoms with Gasteiger partial charge in [0.2, 0.25) is 0 Å². The zero-order valence-electron chi connectivity index (χ0n) is 34.4. The van der Waals surface area contributed by atoms with Crippen molar-refractivity contribution >= 4 is 19.8 Å². The van der Waals surface area contributed by atoms with Crippen LogP contribution in [0.15, 0.2) is 85.1 Å². The zero-order chi connectivity index (χ0) is 40.0. The number of likely N-dealkylation sites (N-methyl/N-ethyl adjacent to an activating group) is 1. The summed E-state index contributed by atoms with van der Waals surface area (Å²) >= 11 is 0. The minimum atomic E-state index is -4.40. The Kier molecular flexibility index (Phi) is 34.0. The Labute approximate surface area is 329 Å². The summed E-state index contributed by atoms with van der Waals surface area (Å²) < 4.78 is 34.1. The maximum Gasteiger partial charge on any atom is 0.472 e. The van der Waals surface area contributed by atoms with Gasteiger partial charge in [-0.15, -0.1) is 0 Å². The summed E-state index contributed by atoms with van der Waals surface area (Å²) in [6.45, 7) is 4.13. The molecule has 1 unspecified atom stereocenters. The van der Waals surface area contributed by atoms with Gasteiger partial charge in [0, 0.05) is 12.8 Å². The standard InChI is InChI=1S/C44H74NO8P/c1-6-8-10-12-14-16-18-19-20-21-22-23-24-25-27-29-31-33-35-37-44(47)53-42(41-52-54(48,49)51-39-38-45(3,4)5)40-50-43(46)36-34-32-30-28-26-17-15-13-11-9-7-2/h8,10,13-16,19-20,22-23,25,27,31,33,42H,6-7,9,11-12,17-18,21,24,26,28-30,32,34-41H2,1-5H3/p+1/b10-8+,15-13+,16-14+,20-19+,23-22+,27-25+,33-31+/t42-/m1/s1. The molecule has 2 atom stereocenters. The van der Waals surface area contributed by atoms with Gasteiger partial charge in [-0.3, -0.25) is 18.6 Å². The second-order valence-corrected chi connectivity index (χ2v) is 15.7. The maximum absolute atomic E-state index is 12.6. The van der Waals surface area contributed by atoms with Crippen LogP contribution >= 0.6 is 7.82 Å². The molecule has 54 heavy (non-hydrogen) atoms. The van der Waals surface area contributed by atoms with Crippen molar-refractivity contribution in [3.8, 4) is 0 Å². The van der Waals surface area contributed by atoms with Crippen LogP contribution in [0.1, 0.15) is 129 Å². The van der Waals surface area contributed by atoms with Crippen molar-refractivity contribution < 1.29 is 42.1 Å². The first-order valence-corrected chi connectivity index (χ1v) is 21.8. The molecule has 10 heteroatoms. The number of phosphoric ester groups is 1. The van der Waals surface area contributed by atoms with Crippen LogP contribution in [0.4, 0.5) is 0 Å². The van der Waals surface area contributed by atoms with Gasteiger partial charge >= 0.3 is 19.8 Å². The van der Waals surface area contributed by atoms with Gasteiger partial charge in [0.25, 0.3) is 0 Å². The number of carbonyl (C=O) groups is 2. The molecule has 0 aliphatic heterocycles. The van der Waals surface area contributed by atoms with Crippen molar-refractivity contribution in [3.05, 3.63) is 85.1 Å². The number of carbonyl (C=O) groups excluding carboxylic acids is 2. The zero-order valence-corrected chi connectivity index (χ0v) is 35.3. The summed E-state index contributed by atoms with van der Waals surface area (Å²) in [5.41, 5.74) is 0. The maximum atomic E-state index is 12.6. The fourth-order valence-electron chi connectivity index (χ4n) is 4.72. The van der Waals surface area contributed by atoms with E-state index in [4.69, 9.17) is 18.5 Å². The second kappa shape index (κ2) is 35.9. The first kappa shape index (κ1) is 51.2. The van der Waals surface area contributed by atoms with Gasteiger partial charge in [0.15, 0.2) is 6.10 Å². The van der Waals surface area contributed by atoms with Crippen LogP contribution in [-0.2, 0) is 32.7 Å². The van der Waals surface area contributed by atoms with Crippen LogP contribution < -0.4 is 0 Å². The quantitative estimate of drug-likeness (QED) is 0.0223. The summed E-state index contributed by atoms with van der Waals surface area (Å²) in [6, 6.07) is 0. The first-order chi connectivity index (χ1) is 26.0. The van der Waals surface area contributed by atoms with Crippen LogP contribution in [0, 0.1) is 0 Å². The van der Waals surface area contributed by atoms with Crippen molar-refractivity contribution in [3.63, 3.8) is 0 Å². The summed E-state index contributed by atoms with van der Waals surface area (Å²) in [4.78, 5) is 35.2. The van der Waals surface area contributed by atoms with Gasteiger partial charge < -0.3 is 18.9 Å². The lowest BCUT2D eigenvalue weighted by atomic mass is 10.1. The lowest BCUT2D eigenvalue weighted by Gasteiger charge is -2.24. The lowest BCUT2D eigenvalue weighted by molar-refractivity contribution is -0.870. The molecule has 0 saturated heterocycles. The number of nitrogens with zero attached hydrogens (tertiary/aromatic N) is 1. The second-order valence-electron chi connectivity index (χ2n) is 14.3. The van der Waals surface area contributed by atoms with Crippen LogP contribution in [0.2, 0.25) is 0 Å². The molecule has 9 nitrogen and oxygen atoms in total. The van der Waals surface area contributed by atoms with Crippen molar-refractivity contribution in [2.24, 2.45) is 0 Å². The van der Waals surface area contributed by atoms with Crippen LogP contribution in [0.5, 0.6) is 0 Å². The lowest BCUT2D eigenvalue weighted by Crippen LogP contribution is -2.37. The summed E-state index contributed by atoms with van der Waals surface area (Å²) in [6.07, 6.45) is 45.1. The van der Waals surface area contributed by atoms with E-state index in [1.807, 2.05) is 33.3 Å². The predicted octanol–water partition coefficient (Wildman–Crippen LogP) is 11.2. The van der Waals surface area contributed by atoms with Gasteiger partial charge in [-0.05, 0) is 70.6 Å². The monoisotopic (exact) mass is 777 g/mol. The average molecular weight is 777 g/mol. The van der Waals surface area contributed by atoms with E-state index in [0.29, 0.717) is 23.9 Å². The molecule has 0 aromatic carbocycles. The normalized spacial score (nSPS) is 14.6. The van der Waals surface area contributed by atoms with Crippen LogP contribution in [0.25, 0.3) is 0 Å². The van der Waals surface area contributed by atoms with E-state index >= 15 is 0 Å². The number of hydrogen-bond acceptors (Lipinski definition) is 7. The molecule has 0 bridgehead atoms. The van der Waals surface area contributed by atoms with E-state index in [0.717, 1.165) is 77.0 Å². The van der Waals surface area contributed by atoms with Gasteiger partial charge in [0.1, 0.15) is 19.8 Å². The fraction of sp³-hybridized carbons (Fsp3) is 0.636. The first-order valence-electron chi connectivity index (χ1n) is 20.3. The molecule has 0 aromatic heterocycles. The third kappa shape index (κ3) is 38.9. The van der Waals surface area contributed by atoms with Gasteiger partial charge in [-0.25, -0.2) is 4.57 Å². The Morgan fingerprint density at radius 3 is 1.65 bits per heavy atom. The molecule has 308 valence electrons. The number of unbranched alkanes of at least 4 members (excludes halogenated alkanes) is 7. The number of phosphoric acid groups is 1. The Morgan fingerprint density at radius 1 is 0.593 bits per heavy atom. The van der Waals surface area contributed by atoms with E-state index in [1.54, 1.807) is 0 Å². The molecule has 0 rings (SSSR count). The average Bonchev–Trinajstić information content (AvgIpc) is 3.12. The fourth-order valence-corrected chi connectivity index (χ4v) is 5.47. The number of esters is 2. The Morgan fingerprint density at radius 2 is 1.09 bits per heavy atom. The smallest absolute Gasteiger partial charge is 0.462 e. The number of quaternary nitrogens is 1. The molecule has 0 fully saturated rings. The molecule has 0 amide bonds. The molecular formula is C44H75NO8P+. The highest BCUT2D eigenvalue weighted by molar-refractivity contribution is 7.47. The molecule has 0 aliphatic rings. The van der Waals surface area contributed by atoms with Crippen LogP contribution in [-0.4, -0.2) is 74.9 Å². The third-order valence-corrected chi connectivity index (χ3v) is 8.91. The SMILES string of the molecule is CC/C=C/C/C=C/C/C=C/C/C=C/C/C=C/C/C=C/CCC(=O)O[C@H](COC(=O)CCCCCCC/C=C/CCCC)COP(=O)(O)OCC[N+](C)(C)C. The number of ether oxygens (including phenoxy) is 2. The highest BCUT2D eigenvalue weighted by Gasteiger charge is 2.27. The van der Waals surface area contributed by atoms with Crippen LogP contribution in [0.3, 0.4) is 0 Å². The Bertz CT molecular complexity index is 1200.